The van der Waals surface area contributed by atoms with Crippen molar-refractivity contribution in [1.82, 2.24) is 35.2 Å². The molecule has 0 saturated carbocycles. The lowest BCUT2D eigenvalue weighted by Crippen LogP contribution is -2.71. The Bertz CT molecular complexity index is 1280. The zero-order chi connectivity index (χ0) is 24.6. The van der Waals surface area contributed by atoms with Crippen molar-refractivity contribution in [3.63, 3.8) is 0 Å². The van der Waals surface area contributed by atoms with Gasteiger partial charge >= 0.3 is 5.97 Å². The molecule has 180 valence electrons. The van der Waals surface area contributed by atoms with E-state index in [1.165, 1.54) is 40.7 Å². The zero-order valence-electron chi connectivity index (χ0n) is 17.5. The quantitative estimate of drug-likeness (QED) is 0.104. The number of carboxylic acids is 1. The Kier molecular flexibility index (Phi) is 6.62. The van der Waals surface area contributed by atoms with Crippen LogP contribution in [0.2, 0.25) is 0 Å². The van der Waals surface area contributed by atoms with Gasteiger partial charge in [0.15, 0.2) is 5.71 Å². The summed E-state index contributed by atoms with van der Waals surface area (Å²) in [6.07, 6.45) is 0. The van der Waals surface area contributed by atoms with Gasteiger partial charge in [0.2, 0.25) is 9.96 Å². The van der Waals surface area contributed by atoms with Crippen molar-refractivity contribution >= 4 is 58.4 Å². The Morgan fingerprint density at radius 2 is 2.24 bits per heavy atom. The molecule has 0 unspecified atom stereocenters. The molecule has 2 atom stereocenters. The van der Waals surface area contributed by atoms with Crippen LogP contribution in [0.5, 0.6) is 0 Å². The highest BCUT2D eigenvalue weighted by Gasteiger charge is 2.54. The number of thioether (sulfide) groups is 2. The third-order valence-electron chi connectivity index (χ3n) is 4.84. The number of oxime groups is 1. The number of hydrogen-bond donors (Lipinski definition) is 4. The molecule has 18 heteroatoms. The fourth-order valence-electron chi connectivity index (χ4n) is 3.27. The predicted molar refractivity (Wildman–Crippen MR) is 118 cm³/mol. The molecule has 0 aliphatic carbocycles. The summed E-state index contributed by atoms with van der Waals surface area (Å²) < 4.78 is 1.92. The number of rotatable bonds is 8. The zero-order valence-corrected chi connectivity index (χ0v) is 20.0. The number of tetrazole rings is 1. The molecular formula is C16H17N9O6S3. The molecule has 15 nitrogen and oxygen atoms in total. The van der Waals surface area contributed by atoms with Gasteiger partial charge in [-0.05, 0) is 16.0 Å². The van der Waals surface area contributed by atoms with Crippen molar-refractivity contribution in [2.45, 2.75) is 16.6 Å². The summed E-state index contributed by atoms with van der Waals surface area (Å²) in [5, 5.41) is 45.8. The van der Waals surface area contributed by atoms with Crippen molar-refractivity contribution in [2.24, 2.45) is 12.2 Å². The van der Waals surface area contributed by atoms with Gasteiger partial charge in [0, 0.05) is 23.9 Å². The molecule has 0 bridgehead atoms. The van der Waals surface area contributed by atoms with E-state index in [0.29, 0.717) is 21.2 Å². The van der Waals surface area contributed by atoms with Crippen LogP contribution in [-0.2, 0) is 26.3 Å². The molecule has 2 amide bonds. The summed E-state index contributed by atoms with van der Waals surface area (Å²) in [7, 11) is 2.86. The van der Waals surface area contributed by atoms with Gasteiger partial charge in [-0.2, -0.15) is 4.73 Å². The van der Waals surface area contributed by atoms with Crippen LogP contribution in [0.4, 0.5) is 0 Å². The Hall–Kier alpha value is -3.38. The van der Waals surface area contributed by atoms with Gasteiger partial charge in [-0.3, -0.25) is 19.9 Å². The van der Waals surface area contributed by atoms with Crippen LogP contribution >= 0.6 is 34.9 Å². The molecule has 2 aliphatic heterocycles. The minimum Gasteiger partial charge on any atom is -0.477 e. The number of carbonyl (C=O) groups is 3. The molecule has 2 aromatic rings. The average Bonchev–Trinajstić information content (AvgIpc) is 3.37. The number of amides is 2. The number of fused-ring (bicyclic) bond motifs is 1. The fraction of sp³-hybridized carbons (Fsp3) is 0.375. The maximum Gasteiger partial charge on any atom is 0.352 e. The summed E-state index contributed by atoms with van der Waals surface area (Å²) in [6, 6.07) is -1.01. The third-order valence-corrected chi connectivity index (χ3v) is 8.01. The highest BCUT2D eigenvalue weighted by Crippen LogP contribution is 2.41. The lowest BCUT2D eigenvalue weighted by Gasteiger charge is -2.49. The van der Waals surface area contributed by atoms with Gasteiger partial charge in [-0.25, -0.2) is 9.48 Å². The monoisotopic (exact) mass is 527 g/mol. The van der Waals surface area contributed by atoms with E-state index in [0.717, 1.165) is 16.2 Å². The van der Waals surface area contributed by atoms with Crippen molar-refractivity contribution < 1.29 is 29.5 Å². The summed E-state index contributed by atoms with van der Waals surface area (Å²) in [4.78, 5) is 43.3. The molecule has 2 aliphatic rings. The molecule has 1 saturated heterocycles. The van der Waals surface area contributed by atoms with Gasteiger partial charge in [-0.1, -0.05) is 16.9 Å². The molecule has 4 heterocycles. The maximum atomic E-state index is 12.9. The molecule has 4 N–H and O–H groups in total. The Morgan fingerprint density at radius 1 is 1.47 bits per heavy atom. The van der Waals surface area contributed by atoms with E-state index in [-0.39, 0.29) is 27.7 Å². The van der Waals surface area contributed by atoms with Crippen molar-refractivity contribution in [3.05, 3.63) is 27.1 Å². The summed E-state index contributed by atoms with van der Waals surface area (Å²) in [5.74, 6) is -2.07. The summed E-state index contributed by atoms with van der Waals surface area (Å²) in [5.41, 5.74) is -0.0187. The largest absolute Gasteiger partial charge is 0.477 e. The van der Waals surface area contributed by atoms with Crippen LogP contribution < -0.4 is 10.1 Å². The van der Waals surface area contributed by atoms with Crippen LogP contribution in [0.3, 0.4) is 0 Å². The number of nitrogens with one attached hydrogen (secondary N) is 2. The van der Waals surface area contributed by atoms with Gasteiger partial charge in [0.25, 0.3) is 11.8 Å². The SMILES string of the molecule is CON=C(C(=O)N[C@@H]1C(=O)N2C(C(=O)O)=C(CSc3nnnn3C)CS[C@@H]12)c1csc(=N)n1O. The van der Waals surface area contributed by atoms with Crippen LogP contribution in [0.1, 0.15) is 5.69 Å². The second-order valence-corrected chi connectivity index (χ2v) is 9.76. The lowest BCUT2D eigenvalue weighted by atomic mass is 10.0. The van der Waals surface area contributed by atoms with E-state index >= 15 is 0 Å². The first-order valence-electron chi connectivity index (χ1n) is 9.36. The third kappa shape index (κ3) is 4.14. The predicted octanol–water partition coefficient (Wildman–Crippen LogP) is -1.33. The van der Waals surface area contributed by atoms with Crippen LogP contribution in [0.15, 0.2) is 27.0 Å². The normalized spacial score (nSPS) is 20.1. The van der Waals surface area contributed by atoms with Gasteiger partial charge in [0.1, 0.15) is 29.9 Å². The molecule has 2 aromatic heterocycles. The highest BCUT2D eigenvalue weighted by atomic mass is 32.2. The van der Waals surface area contributed by atoms with Crippen molar-refractivity contribution in [2.75, 3.05) is 18.6 Å². The van der Waals surface area contributed by atoms with E-state index in [1.54, 1.807) is 7.05 Å². The second-order valence-electron chi connectivity index (χ2n) is 6.85. The molecular weight excluding hydrogens is 510 g/mol. The number of hydrogen-bond acceptors (Lipinski definition) is 13. The first kappa shape index (κ1) is 23.8. The van der Waals surface area contributed by atoms with E-state index in [2.05, 4.69) is 30.8 Å². The number of carboxylic acid groups (broad SMARTS) is 1. The number of aliphatic carboxylic acids is 1. The molecule has 0 radical (unpaired) electrons. The lowest BCUT2D eigenvalue weighted by molar-refractivity contribution is -0.150. The number of β-lactam (4-membered cyclic amide) rings is 1. The van der Waals surface area contributed by atoms with Crippen molar-refractivity contribution in [3.8, 4) is 0 Å². The molecule has 0 spiro atoms. The minimum atomic E-state index is -1.25. The van der Waals surface area contributed by atoms with Gasteiger partial charge in [-0.15, -0.1) is 28.2 Å². The number of thiazole rings is 1. The molecule has 4 rings (SSSR count). The van der Waals surface area contributed by atoms with Gasteiger partial charge < -0.3 is 20.5 Å². The maximum absolute atomic E-state index is 12.9. The number of nitrogens with zero attached hydrogens (tertiary/aromatic N) is 7. The Balaban J connectivity index is 1.51. The smallest absolute Gasteiger partial charge is 0.352 e. The Morgan fingerprint density at radius 3 is 2.82 bits per heavy atom. The average molecular weight is 528 g/mol. The minimum absolute atomic E-state index is 0.0852. The molecule has 1 fully saturated rings. The first-order chi connectivity index (χ1) is 16.2. The number of aryl methyl sites for hydroxylation is 1. The van der Waals surface area contributed by atoms with E-state index < -0.39 is 29.2 Å². The second kappa shape index (κ2) is 9.47. The van der Waals surface area contributed by atoms with E-state index in [4.69, 9.17) is 5.41 Å². The topological polar surface area (TPSA) is 201 Å². The standard InChI is InChI=1S/C16H17N9O6S3/c1-23-16(19-21-22-23)34-4-6-3-32-13-9(12(27)24(13)10(6)14(28)29)18-11(26)8(20-31-2)7-5-33-15(17)25(7)30/h5,9,13,17,30H,3-4H2,1-2H3,(H,18,26)(H,28,29)/t9-,13+/m1/s1. The van der Waals surface area contributed by atoms with Crippen molar-refractivity contribution in [1.29, 1.82) is 5.41 Å². The van der Waals surface area contributed by atoms with E-state index in [9.17, 15) is 24.7 Å². The Labute approximate surface area is 202 Å². The summed E-state index contributed by atoms with van der Waals surface area (Å²) >= 11 is 3.42. The van der Waals surface area contributed by atoms with Crippen LogP contribution in [-0.4, -0.2) is 93.7 Å². The number of aromatic nitrogens is 5. The molecule has 0 aromatic carbocycles. The highest BCUT2D eigenvalue weighted by molar-refractivity contribution is 8.01. The van der Waals surface area contributed by atoms with E-state index in [1.807, 2.05) is 0 Å². The van der Waals surface area contributed by atoms with Crippen LogP contribution in [0.25, 0.3) is 0 Å². The van der Waals surface area contributed by atoms with Crippen LogP contribution in [0, 0.1) is 5.41 Å². The first-order valence-corrected chi connectivity index (χ1v) is 12.3. The molecule has 34 heavy (non-hydrogen) atoms. The number of carbonyl (C=O) groups excluding carboxylic acids is 2. The summed E-state index contributed by atoms with van der Waals surface area (Å²) in [6.45, 7) is 0. The fourth-order valence-corrected chi connectivity index (χ4v) is 6.24. The van der Waals surface area contributed by atoms with Gasteiger partial charge in [0.05, 0.1) is 0 Å².